The number of carbonyl (C=O) groups excluding carboxylic acids is 1. The largest absolute Gasteiger partial charge is 0.382 e. The lowest BCUT2D eigenvalue weighted by atomic mass is 10.1. The fourth-order valence-corrected chi connectivity index (χ4v) is 2.93. The lowest BCUT2D eigenvalue weighted by molar-refractivity contribution is 0.0955. The smallest absolute Gasteiger partial charge is 0.265 e. The molecule has 1 heterocycles. The van der Waals surface area contributed by atoms with E-state index < -0.39 is 0 Å². The monoisotopic (exact) mass is 282 g/mol. The fraction of sp³-hybridized carbons (Fsp3) is 0.692. The highest BCUT2D eigenvalue weighted by atomic mass is 32.1. The average Bonchev–Trinajstić information content (AvgIpc) is 2.78. The van der Waals surface area contributed by atoms with Crippen LogP contribution in [0.4, 0.5) is 10.9 Å². The molecule has 1 aromatic rings. The van der Waals surface area contributed by atoms with Crippen molar-refractivity contribution in [2.75, 3.05) is 30.8 Å². The van der Waals surface area contributed by atoms with E-state index in [9.17, 15) is 4.79 Å². The van der Waals surface area contributed by atoms with E-state index in [1.54, 1.807) is 0 Å². The zero-order valence-corrected chi connectivity index (χ0v) is 12.8. The first kappa shape index (κ1) is 14.1. The van der Waals surface area contributed by atoms with Crippen LogP contribution in [0.15, 0.2) is 0 Å². The van der Waals surface area contributed by atoms with Crippen molar-refractivity contribution in [3.8, 4) is 0 Å². The van der Waals surface area contributed by atoms with E-state index in [4.69, 9.17) is 5.73 Å². The molecular weight excluding hydrogens is 260 g/mol. The molecule has 1 fully saturated rings. The zero-order chi connectivity index (χ0) is 14.2. The molecule has 5 nitrogen and oxygen atoms in total. The Hall–Kier alpha value is -1.30. The Labute approximate surface area is 118 Å². The Morgan fingerprint density at radius 3 is 2.79 bits per heavy atom. The van der Waals surface area contributed by atoms with Crippen LogP contribution in [-0.4, -0.2) is 31.0 Å². The van der Waals surface area contributed by atoms with E-state index in [-0.39, 0.29) is 5.91 Å². The Morgan fingerprint density at radius 2 is 2.26 bits per heavy atom. The number of nitrogen functional groups attached to an aromatic ring is 1. The number of nitrogens with one attached hydrogen (secondary N) is 1. The number of nitrogens with two attached hydrogens (primary N) is 1. The molecule has 3 N–H and O–H groups in total. The summed E-state index contributed by atoms with van der Waals surface area (Å²) in [5, 5.41) is 3.75. The van der Waals surface area contributed by atoms with Crippen LogP contribution in [0.25, 0.3) is 0 Å². The van der Waals surface area contributed by atoms with Gasteiger partial charge in [-0.3, -0.25) is 4.79 Å². The topological polar surface area (TPSA) is 71.2 Å². The van der Waals surface area contributed by atoms with E-state index in [1.807, 2.05) is 18.9 Å². The maximum absolute atomic E-state index is 12.1. The number of anilines is 2. The van der Waals surface area contributed by atoms with Gasteiger partial charge in [0.15, 0.2) is 5.13 Å². The second kappa shape index (κ2) is 5.00. The first-order valence-electron chi connectivity index (χ1n) is 6.60. The van der Waals surface area contributed by atoms with Crippen LogP contribution in [-0.2, 0) is 0 Å². The van der Waals surface area contributed by atoms with Crippen molar-refractivity contribution in [2.45, 2.75) is 27.2 Å². The summed E-state index contributed by atoms with van der Waals surface area (Å²) in [5.74, 6) is 0.810. The van der Waals surface area contributed by atoms with Crippen molar-refractivity contribution >= 4 is 28.2 Å². The van der Waals surface area contributed by atoms with Gasteiger partial charge in [-0.2, -0.15) is 0 Å². The van der Waals surface area contributed by atoms with Crippen molar-refractivity contribution in [1.82, 2.24) is 10.3 Å². The third-order valence-electron chi connectivity index (χ3n) is 3.88. The van der Waals surface area contributed by atoms with Gasteiger partial charge >= 0.3 is 0 Å². The lowest BCUT2D eigenvalue weighted by Crippen LogP contribution is -2.26. The van der Waals surface area contributed by atoms with Crippen LogP contribution >= 0.6 is 11.3 Å². The minimum Gasteiger partial charge on any atom is -0.382 e. The summed E-state index contributed by atoms with van der Waals surface area (Å²) in [6.45, 7) is 8.04. The fourth-order valence-electron chi connectivity index (χ4n) is 2.00. The Bertz CT molecular complexity index is 483. The van der Waals surface area contributed by atoms with E-state index in [2.05, 4.69) is 24.1 Å². The minimum absolute atomic E-state index is 0.103. The maximum atomic E-state index is 12.1. The van der Waals surface area contributed by atoms with Gasteiger partial charge in [-0.25, -0.2) is 4.98 Å². The standard InChI is InChI=1S/C13H22N4OS/c1-5-17(4)12-16-10(14)9(19-12)11(18)15-7-8-6-13(8,2)3/h8H,5-7,14H2,1-4H3,(H,15,18). The molecule has 1 unspecified atom stereocenters. The minimum atomic E-state index is -0.103. The average molecular weight is 282 g/mol. The van der Waals surface area contributed by atoms with Crippen LogP contribution < -0.4 is 16.0 Å². The first-order chi connectivity index (χ1) is 8.85. The number of hydrogen-bond acceptors (Lipinski definition) is 5. The third kappa shape index (κ3) is 3.00. The summed E-state index contributed by atoms with van der Waals surface area (Å²) < 4.78 is 0. The molecule has 1 atom stereocenters. The molecule has 106 valence electrons. The van der Waals surface area contributed by atoms with Gasteiger partial charge in [-0.05, 0) is 24.7 Å². The summed E-state index contributed by atoms with van der Waals surface area (Å²) in [6.07, 6.45) is 1.18. The summed E-state index contributed by atoms with van der Waals surface area (Å²) in [5.41, 5.74) is 6.20. The maximum Gasteiger partial charge on any atom is 0.265 e. The molecule has 0 saturated heterocycles. The number of hydrogen-bond donors (Lipinski definition) is 2. The number of thiazole rings is 1. The van der Waals surface area contributed by atoms with Gasteiger partial charge in [0.05, 0.1) is 0 Å². The van der Waals surface area contributed by atoms with Gasteiger partial charge in [0.1, 0.15) is 10.7 Å². The van der Waals surface area contributed by atoms with Gasteiger partial charge in [-0.1, -0.05) is 25.2 Å². The summed E-state index contributed by atoms with van der Waals surface area (Å²) in [6, 6.07) is 0. The lowest BCUT2D eigenvalue weighted by Gasteiger charge is -2.10. The number of nitrogens with zero attached hydrogens (tertiary/aromatic N) is 2. The Balaban J connectivity index is 1.97. The normalized spacial score (nSPS) is 20.1. The van der Waals surface area contributed by atoms with Gasteiger partial charge in [0, 0.05) is 20.1 Å². The van der Waals surface area contributed by atoms with E-state index >= 15 is 0 Å². The van der Waals surface area contributed by atoms with E-state index in [0.717, 1.165) is 18.2 Å². The molecule has 1 amide bonds. The van der Waals surface area contributed by atoms with Gasteiger partial charge in [0.2, 0.25) is 0 Å². The molecule has 0 aliphatic heterocycles. The number of rotatable bonds is 5. The van der Waals surface area contributed by atoms with Crippen molar-refractivity contribution in [3.63, 3.8) is 0 Å². The quantitative estimate of drug-likeness (QED) is 0.866. The third-order valence-corrected chi connectivity index (χ3v) is 5.06. The number of amides is 1. The van der Waals surface area contributed by atoms with Crippen LogP contribution in [0.3, 0.4) is 0 Å². The zero-order valence-electron chi connectivity index (χ0n) is 12.0. The molecule has 1 aliphatic rings. The van der Waals surface area contributed by atoms with Crippen LogP contribution in [0.5, 0.6) is 0 Å². The Kier molecular flexibility index (Phi) is 3.71. The molecule has 1 aliphatic carbocycles. The van der Waals surface area contributed by atoms with E-state index in [1.165, 1.54) is 17.8 Å². The van der Waals surface area contributed by atoms with Crippen LogP contribution in [0.1, 0.15) is 36.9 Å². The molecule has 2 rings (SSSR count). The highest BCUT2D eigenvalue weighted by Gasteiger charge is 2.45. The van der Waals surface area contributed by atoms with Crippen LogP contribution in [0.2, 0.25) is 0 Å². The van der Waals surface area contributed by atoms with Crippen molar-refractivity contribution in [2.24, 2.45) is 11.3 Å². The summed E-state index contributed by atoms with van der Waals surface area (Å²) >= 11 is 1.35. The summed E-state index contributed by atoms with van der Waals surface area (Å²) in [4.78, 5) is 18.8. The predicted molar refractivity (Wildman–Crippen MR) is 79.7 cm³/mol. The van der Waals surface area contributed by atoms with Crippen molar-refractivity contribution in [3.05, 3.63) is 4.88 Å². The molecular formula is C13H22N4OS. The molecule has 0 bridgehead atoms. The highest BCUT2D eigenvalue weighted by Crippen LogP contribution is 2.51. The molecule has 1 aromatic heterocycles. The SMILES string of the molecule is CCN(C)c1nc(N)c(C(=O)NCC2CC2(C)C)s1. The van der Waals surface area contributed by atoms with Crippen molar-refractivity contribution in [1.29, 1.82) is 0 Å². The van der Waals surface area contributed by atoms with Gasteiger partial charge < -0.3 is 16.0 Å². The molecule has 0 spiro atoms. The van der Waals surface area contributed by atoms with Gasteiger partial charge in [-0.15, -0.1) is 0 Å². The molecule has 1 saturated carbocycles. The van der Waals surface area contributed by atoms with Crippen LogP contribution in [0, 0.1) is 11.3 Å². The predicted octanol–water partition coefficient (Wildman–Crippen LogP) is 1.96. The first-order valence-corrected chi connectivity index (χ1v) is 7.42. The molecule has 6 heteroatoms. The summed E-state index contributed by atoms with van der Waals surface area (Å²) in [7, 11) is 1.94. The number of carbonyl (C=O) groups is 1. The van der Waals surface area contributed by atoms with Gasteiger partial charge in [0.25, 0.3) is 5.91 Å². The highest BCUT2D eigenvalue weighted by molar-refractivity contribution is 7.18. The second-order valence-corrected chi connectivity index (χ2v) is 6.80. The molecule has 0 aromatic carbocycles. The van der Waals surface area contributed by atoms with E-state index in [0.29, 0.717) is 22.0 Å². The van der Waals surface area contributed by atoms with Crippen molar-refractivity contribution < 1.29 is 4.79 Å². The second-order valence-electron chi connectivity index (χ2n) is 5.82. The Morgan fingerprint density at radius 1 is 1.63 bits per heavy atom. The number of aromatic nitrogens is 1. The molecule has 0 radical (unpaired) electrons. The molecule has 19 heavy (non-hydrogen) atoms.